The topological polar surface area (TPSA) is 75.7 Å². The van der Waals surface area contributed by atoms with Gasteiger partial charge in [-0.1, -0.05) is 24.3 Å². The fraction of sp³-hybridized carbons (Fsp3) is 0.250. The number of benzene rings is 2. The molecule has 0 aromatic heterocycles. The number of aryl methyl sites for hydroxylation is 1. The van der Waals surface area contributed by atoms with Crippen LogP contribution in [-0.4, -0.2) is 36.7 Å². The Morgan fingerprint density at radius 2 is 2.00 bits per heavy atom. The average molecular weight is 384 g/mol. The van der Waals surface area contributed by atoms with E-state index in [0.29, 0.717) is 11.4 Å². The predicted molar refractivity (Wildman–Crippen MR) is 105 cm³/mol. The van der Waals surface area contributed by atoms with Crippen LogP contribution in [-0.2, 0) is 19.1 Å². The summed E-state index contributed by atoms with van der Waals surface area (Å²) in [5.74, 6) is -0.600. The van der Waals surface area contributed by atoms with E-state index in [9.17, 15) is 14.4 Å². The van der Waals surface area contributed by atoms with Crippen molar-refractivity contribution in [2.24, 2.45) is 0 Å². The van der Waals surface area contributed by atoms with Gasteiger partial charge in [0.1, 0.15) is 0 Å². The summed E-state index contributed by atoms with van der Waals surface area (Å²) < 4.78 is 5.03. The van der Waals surface area contributed by atoms with E-state index in [0.717, 1.165) is 16.1 Å². The molecule has 1 aliphatic rings. The lowest BCUT2D eigenvalue weighted by Gasteiger charge is -2.28. The van der Waals surface area contributed by atoms with Crippen LogP contribution in [0, 0.1) is 6.92 Å². The van der Waals surface area contributed by atoms with Gasteiger partial charge in [0.25, 0.3) is 5.91 Å². The van der Waals surface area contributed by atoms with Gasteiger partial charge in [-0.2, -0.15) is 0 Å². The smallest absolute Gasteiger partial charge is 0.308 e. The average Bonchev–Trinajstić information content (AvgIpc) is 2.65. The number of ether oxygens (including phenoxy) is 1. The molecule has 7 heteroatoms. The number of carbonyl (C=O) groups excluding carboxylic acids is 3. The van der Waals surface area contributed by atoms with Crippen LogP contribution in [0.5, 0.6) is 0 Å². The molecule has 1 heterocycles. The molecular weight excluding hydrogens is 364 g/mol. The lowest BCUT2D eigenvalue weighted by Crippen LogP contribution is -2.37. The SMILES string of the molecule is Cc1cccc(NC(=O)COC(=O)CCN2C(=O)CSc3ccccc32)c1. The van der Waals surface area contributed by atoms with Crippen molar-refractivity contribution in [1.82, 2.24) is 0 Å². The number of rotatable bonds is 6. The molecule has 0 bridgehead atoms. The first-order chi connectivity index (χ1) is 13.0. The zero-order valence-electron chi connectivity index (χ0n) is 14.9. The first-order valence-electron chi connectivity index (χ1n) is 8.57. The van der Waals surface area contributed by atoms with Crippen molar-refractivity contribution >= 4 is 40.9 Å². The molecule has 3 rings (SSSR count). The van der Waals surface area contributed by atoms with E-state index in [1.807, 2.05) is 49.4 Å². The van der Waals surface area contributed by atoms with Gasteiger partial charge in [0.15, 0.2) is 6.61 Å². The van der Waals surface area contributed by atoms with Crippen molar-refractivity contribution in [1.29, 1.82) is 0 Å². The van der Waals surface area contributed by atoms with Gasteiger partial charge in [-0.25, -0.2) is 0 Å². The minimum absolute atomic E-state index is 0.0302. The molecule has 0 atom stereocenters. The monoisotopic (exact) mass is 384 g/mol. The van der Waals surface area contributed by atoms with Gasteiger partial charge < -0.3 is 15.0 Å². The minimum Gasteiger partial charge on any atom is -0.456 e. The first-order valence-corrected chi connectivity index (χ1v) is 9.56. The quantitative estimate of drug-likeness (QED) is 0.775. The van der Waals surface area contributed by atoms with E-state index in [1.165, 1.54) is 11.8 Å². The number of thioether (sulfide) groups is 1. The third-order valence-electron chi connectivity index (χ3n) is 4.01. The van der Waals surface area contributed by atoms with E-state index in [1.54, 1.807) is 11.0 Å². The Hall–Kier alpha value is -2.80. The van der Waals surface area contributed by atoms with Crippen molar-refractivity contribution in [2.75, 3.05) is 29.1 Å². The maximum Gasteiger partial charge on any atom is 0.308 e. The summed E-state index contributed by atoms with van der Waals surface area (Å²) in [6.45, 7) is 1.80. The number of hydrogen-bond donors (Lipinski definition) is 1. The van der Waals surface area contributed by atoms with Gasteiger partial charge in [-0.05, 0) is 36.8 Å². The lowest BCUT2D eigenvalue weighted by molar-refractivity contribution is -0.147. The minimum atomic E-state index is -0.516. The molecule has 140 valence electrons. The lowest BCUT2D eigenvalue weighted by atomic mass is 10.2. The van der Waals surface area contributed by atoms with E-state index in [-0.39, 0.29) is 25.5 Å². The van der Waals surface area contributed by atoms with E-state index in [4.69, 9.17) is 4.74 Å². The summed E-state index contributed by atoms with van der Waals surface area (Å²) in [4.78, 5) is 38.6. The van der Waals surface area contributed by atoms with Crippen LogP contribution in [0.25, 0.3) is 0 Å². The van der Waals surface area contributed by atoms with Gasteiger partial charge >= 0.3 is 5.97 Å². The Kier molecular flexibility index (Phi) is 6.13. The third-order valence-corrected chi connectivity index (χ3v) is 5.06. The van der Waals surface area contributed by atoms with Gasteiger partial charge in [-0.15, -0.1) is 11.8 Å². The van der Waals surface area contributed by atoms with Gasteiger partial charge in [0, 0.05) is 17.1 Å². The molecule has 2 aromatic carbocycles. The molecule has 6 nitrogen and oxygen atoms in total. The molecule has 0 saturated heterocycles. The van der Waals surface area contributed by atoms with Crippen LogP contribution in [0.4, 0.5) is 11.4 Å². The predicted octanol–water partition coefficient (Wildman–Crippen LogP) is 3.01. The van der Waals surface area contributed by atoms with Crippen LogP contribution in [0.15, 0.2) is 53.4 Å². The second kappa shape index (κ2) is 8.73. The summed E-state index contributed by atoms with van der Waals surface area (Å²) in [6.07, 6.45) is 0.0302. The Balaban J connectivity index is 1.47. The van der Waals surface area contributed by atoms with E-state index in [2.05, 4.69) is 5.32 Å². The van der Waals surface area contributed by atoms with Crippen LogP contribution in [0.2, 0.25) is 0 Å². The van der Waals surface area contributed by atoms with Gasteiger partial charge in [-0.3, -0.25) is 14.4 Å². The van der Waals surface area contributed by atoms with Gasteiger partial charge in [0.2, 0.25) is 5.91 Å². The molecule has 1 N–H and O–H groups in total. The number of para-hydroxylation sites is 1. The number of amides is 2. The summed E-state index contributed by atoms with van der Waals surface area (Å²) in [5, 5.41) is 2.68. The molecule has 0 saturated carbocycles. The van der Waals surface area contributed by atoms with E-state index >= 15 is 0 Å². The Labute approximate surface area is 161 Å². The van der Waals surface area contributed by atoms with Crippen LogP contribution >= 0.6 is 11.8 Å². The fourth-order valence-electron chi connectivity index (χ4n) is 2.74. The molecule has 0 unspecified atom stereocenters. The van der Waals surface area contributed by atoms with E-state index < -0.39 is 11.9 Å². The summed E-state index contributed by atoms with van der Waals surface area (Å²) in [7, 11) is 0. The molecule has 1 aliphatic heterocycles. The Morgan fingerprint density at radius 3 is 2.81 bits per heavy atom. The number of nitrogens with zero attached hydrogens (tertiary/aromatic N) is 1. The highest BCUT2D eigenvalue weighted by Gasteiger charge is 2.24. The Morgan fingerprint density at radius 1 is 1.19 bits per heavy atom. The van der Waals surface area contributed by atoms with Crippen molar-refractivity contribution < 1.29 is 19.1 Å². The fourth-order valence-corrected chi connectivity index (χ4v) is 3.68. The highest BCUT2D eigenvalue weighted by molar-refractivity contribution is 8.00. The van der Waals surface area contributed by atoms with Crippen LogP contribution < -0.4 is 10.2 Å². The summed E-state index contributed by atoms with van der Waals surface area (Å²) in [5.41, 5.74) is 2.49. The molecule has 0 spiro atoms. The molecule has 2 aromatic rings. The second-order valence-electron chi connectivity index (χ2n) is 6.13. The molecule has 27 heavy (non-hydrogen) atoms. The van der Waals surface area contributed by atoms with Crippen molar-refractivity contribution in [3.8, 4) is 0 Å². The van der Waals surface area contributed by atoms with Crippen molar-refractivity contribution in [2.45, 2.75) is 18.2 Å². The van der Waals surface area contributed by atoms with Gasteiger partial charge in [0.05, 0.1) is 17.9 Å². The number of hydrogen-bond acceptors (Lipinski definition) is 5. The number of esters is 1. The number of fused-ring (bicyclic) bond motifs is 1. The molecule has 0 aliphatic carbocycles. The third kappa shape index (κ3) is 5.10. The standard InChI is InChI=1S/C20H20N2O4S/c1-14-5-4-6-15(11-14)21-18(23)12-26-20(25)9-10-22-16-7-2-3-8-17(16)27-13-19(22)24/h2-8,11H,9-10,12-13H2,1H3,(H,21,23). The first kappa shape index (κ1) is 19.0. The normalized spacial score (nSPS) is 13.1. The largest absolute Gasteiger partial charge is 0.456 e. The van der Waals surface area contributed by atoms with Crippen molar-refractivity contribution in [3.05, 3.63) is 54.1 Å². The summed E-state index contributed by atoms with van der Waals surface area (Å²) >= 11 is 1.49. The highest BCUT2D eigenvalue weighted by atomic mass is 32.2. The maximum absolute atomic E-state index is 12.2. The second-order valence-corrected chi connectivity index (χ2v) is 7.15. The zero-order chi connectivity index (χ0) is 19.2. The molecule has 0 fully saturated rings. The number of anilines is 2. The molecule has 2 amide bonds. The molecular formula is C20H20N2O4S. The van der Waals surface area contributed by atoms with Crippen LogP contribution in [0.3, 0.4) is 0 Å². The Bertz CT molecular complexity index is 869. The van der Waals surface area contributed by atoms with Crippen LogP contribution in [0.1, 0.15) is 12.0 Å². The van der Waals surface area contributed by atoms with Crippen molar-refractivity contribution in [3.63, 3.8) is 0 Å². The number of nitrogens with one attached hydrogen (secondary N) is 1. The number of carbonyl (C=O) groups is 3. The summed E-state index contributed by atoms with van der Waals surface area (Å²) in [6, 6.07) is 14.9. The highest BCUT2D eigenvalue weighted by Crippen LogP contribution is 2.34. The zero-order valence-corrected chi connectivity index (χ0v) is 15.8. The maximum atomic E-state index is 12.2. The molecule has 0 radical (unpaired) electrons.